The van der Waals surface area contributed by atoms with Gasteiger partial charge in [-0.25, -0.2) is 0 Å². The molecule has 0 atom stereocenters. The van der Waals surface area contributed by atoms with Crippen LogP contribution in [-0.2, 0) is 6.42 Å². The summed E-state index contributed by atoms with van der Waals surface area (Å²) in [6.07, 6.45) is 0.940. The molecule has 4 nitrogen and oxygen atoms in total. The van der Waals surface area contributed by atoms with Crippen molar-refractivity contribution in [3.05, 3.63) is 41.3 Å². The van der Waals surface area contributed by atoms with Gasteiger partial charge in [-0.3, -0.25) is 0 Å². The van der Waals surface area contributed by atoms with Gasteiger partial charge in [-0.15, -0.1) is 11.3 Å². The van der Waals surface area contributed by atoms with Crippen LogP contribution in [0.5, 0.6) is 5.75 Å². The number of hydrogen-bond acceptors (Lipinski definition) is 5. The molecular weight excluding hydrogens is 260 g/mol. The van der Waals surface area contributed by atoms with Crippen LogP contribution >= 0.6 is 11.3 Å². The minimum atomic E-state index is 0.221. The number of aromatic nitrogens is 2. The Labute approximate surface area is 114 Å². The summed E-state index contributed by atoms with van der Waals surface area (Å²) in [7, 11) is 0. The largest absolute Gasteiger partial charge is 0.508 e. The van der Waals surface area contributed by atoms with Crippen LogP contribution in [0.15, 0.2) is 40.2 Å². The zero-order chi connectivity index (χ0) is 13.2. The van der Waals surface area contributed by atoms with Crippen LogP contribution < -0.4 is 0 Å². The molecular formula is C14H12N2O2S. The van der Waals surface area contributed by atoms with E-state index in [1.807, 2.05) is 5.38 Å². The molecule has 0 radical (unpaired) electrons. The van der Waals surface area contributed by atoms with Gasteiger partial charge >= 0.3 is 0 Å². The molecule has 0 fully saturated rings. The standard InChI is InChI=1S/C14H12N2O2S/c1-2-9-7-8-19-12(9)14-15-13(16-18-14)10-3-5-11(17)6-4-10/h3-8,17H,2H2,1H3. The predicted molar refractivity (Wildman–Crippen MR) is 74.1 cm³/mol. The van der Waals surface area contributed by atoms with Gasteiger partial charge in [0.15, 0.2) is 0 Å². The van der Waals surface area contributed by atoms with Crippen molar-refractivity contribution in [2.75, 3.05) is 0 Å². The average molecular weight is 272 g/mol. The van der Waals surface area contributed by atoms with Gasteiger partial charge in [0.1, 0.15) is 5.75 Å². The first-order chi connectivity index (χ1) is 9.28. The van der Waals surface area contributed by atoms with Crippen LogP contribution in [0.4, 0.5) is 0 Å². The first-order valence-corrected chi connectivity index (χ1v) is 6.85. The monoisotopic (exact) mass is 272 g/mol. The molecule has 5 heteroatoms. The van der Waals surface area contributed by atoms with Crippen LogP contribution in [0.1, 0.15) is 12.5 Å². The van der Waals surface area contributed by atoms with Gasteiger partial charge in [0.25, 0.3) is 5.89 Å². The van der Waals surface area contributed by atoms with E-state index in [9.17, 15) is 5.11 Å². The van der Waals surface area contributed by atoms with Gasteiger partial charge in [0.05, 0.1) is 4.88 Å². The normalized spacial score (nSPS) is 10.8. The highest BCUT2D eigenvalue weighted by Crippen LogP contribution is 2.30. The van der Waals surface area contributed by atoms with E-state index in [4.69, 9.17) is 4.52 Å². The Bertz CT molecular complexity index is 686. The molecule has 2 heterocycles. The van der Waals surface area contributed by atoms with E-state index >= 15 is 0 Å². The summed E-state index contributed by atoms with van der Waals surface area (Å²) in [4.78, 5) is 5.44. The molecule has 1 aromatic carbocycles. The lowest BCUT2D eigenvalue weighted by Gasteiger charge is -1.94. The van der Waals surface area contributed by atoms with Crippen LogP contribution in [0.25, 0.3) is 22.2 Å². The Morgan fingerprint density at radius 1 is 1.21 bits per heavy atom. The van der Waals surface area contributed by atoms with Gasteiger partial charge in [-0.1, -0.05) is 12.1 Å². The quantitative estimate of drug-likeness (QED) is 0.789. The van der Waals surface area contributed by atoms with Crippen molar-refractivity contribution in [1.29, 1.82) is 0 Å². The van der Waals surface area contributed by atoms with Crippen molar-refractivity contribution < 1.29 is 9.63 Å². The van der Waals surface area contributed by atoms with Gasteiger partial charge in [0, 0.05) is 5.56 Å². The zero-order valence-corrected chi connectivity index (χ0v) is 11.1. The van der Waals surface area contributed by atoms with Crippen LogP contribution in [0.2, 0.25) is 0 Å². The lowest BCUT2D eigenvalue weighted by atomic mass is 10.2. The fourth-order valence-electron chi connectivity index (χ4n) is 1.85. The maximum atomic E-state index is 9.26. The molecule has 0 saturated heterocycles. The highest BCUT2D eigenvalue weighted by atomic mass is 32.1. The number of thiophene rings is 1. The number of aryl methyl sites for hydroxylation is 1. The zero-order valence-electron chi connectivity index (χ0n) is 10.3. The maximum absolute atomic E-state index is 9.26. The predicted octanol–water partition coefficient (Wildman–Crippen LogP) is 3.73. The number of phenolic OH excluding ortho intramolecular Hbond substituents is 1. The fourth-order valence-corrected chi connectivity index (χ4v) is 2.76. The minimum absolute atomic E-state index is 0.221. The molecule has 2 aromatic heterocycles. The van der Waals surface area contributed by atoms with Gasteiger partial charge in [0.2, 0.25) is 5.82 Å². The van der Waals surface area contributed by atoms with Crippen LogP contribution in [0.3, 0.4) is 0 Å². The Hall–Kier alpha value is -2.14. The average Bonchev–Trinajstić information content (AvgIpc) is 3.07. The molecule has 96 valence electrons. The first-order valence-electron chi connectivity index (χ1n) is 5.97. The summed E-state index contributed by atoms with van der Waals surface area (Å²) < 4.78 is 5.32. The molecule has 0 saturated carbocycles. The number of rotatable bonds is 3. The Morgan fingerprint density at radius 3 is 2.74 bits per heavy atom. The molecule has 3 rings (SSSR count). The molecule has 0 aliphatic carbocycles. The molecule has 0 bridgehead atoms. The summed E-state index contributed by atoms with van der Waals surface area (Å²) >= 11 is 1.60. The number of hydrogen-bond donors (Lipinski definition) is 1. The number of phenols is 1. The Balaban J connectivity index is 1.97. The van der Waals surface area contributed by atoms with E-state index in [0.29, 0.717) is 11.7 Å². The van der Waals surface area contributed by atoms with E-state index < -0.39 is 0 Å². The van der Waals surface area contributed by atoms with Crippen molar-refractivity contribution in [3.8, 4) is 27.9 Å². The van der Waals surface area contributed by atoms with E-state index in [1.165, 1.54) is 5.56 Å². The molecule has 3 aromatic rings. The Kier molecular flexibility index (Phi) is 3.05. The third-order valence-electron chi connectivity index (χ3n) is 2.87. The topological polar surface area (TPSA) is 59.2 Å². The summed E-state index contributed by atoms with van der Waals surface area (Å²) in [6, 6.07) is 8.81. The van der Waals surface area contributed by atoms with E-state index in [2.05, 4.69) is 23.1 Å². The minimum Gasteiger partial charge on any atom is -0.508 e. The number of benzene rings is 1. The lowest BCUT2D eigenvalue weighted by Crippen LogP contribution is -1.82. The first kappa shape index (κ1) is 11.9. The van der Waals surface area contributed by atoms with Gasteiger partial charge in [-0.2, -0.15) is 4.98 Å². The van der Waals surface area contributed by atoms with Crippen LogP contribution in [-0.4, -0.2) is 15.2 Å². The van der Waals surface area contributed by atoms with Crippen molar-refractivity contribution in [2.45, 2.75) is 13.3 Å². The molecule has 19 heavy (non-hydrogen) atoms. The van der Waals surface area contributed by atoms with E-state index in [0.717, 1.165) is 16.9 Å². The molecule has 1 N–H and O–H groups in total. The Morgan fingerprint density at radius 2 is 2.00 bits per heavy atom. The van der Waals surface area contributed by atoms with E-state index in [1.54, 1.807) is 35.6 Å². The second-order valence-electron chi connectivity index (χ2n) is 4.10. The van der Waals surface area contributed by atoms with Crippen LogP contribution in [0, 0.1) is 0 Å². The fraction of sp³-hybridized carbons (Fsp3) is 0.143. The third kappa shape index (κ3) is 2.24. The molecule has 0 aliphatic heterocycles. The lowest BCUT2D eigenvalue weighted by molar-refractivity contribution is 0.433. The number of nitrogens with zero attached hydrogens (tertiary/aromatic N) is 2. The van der Waals surface area contributed by atoms with Gasteiger partial charge in [-0.05, 0) is 47.7 Å². The van der Waals surface area contributed by atoms with E-state index in [-0.39, 0.29) is 5.75 Å². The molecule has 0 spiro atoms. The van der Waals surface area contributed by atoms with Gasteiger partial charge < -0.3 is 9.63 Å². The van der Waals surface area contributed by atoms with Crippen molar-refractivity contribution in [2.24, 2.45) is 0 Å². The maximum Gasteiger partial charge on any atom is 0.268 e. The van der Waals surface area contributed by atoms with Crippen molar-refractivity contribution >= 4 is 11.3 Å². The van der Waals surface area contributed by atoms with Crippen molar-refractivity contribution in [3.63, 3.8) is 0 Å². The van der Waals surface area contributed by atoms with Crippen molar-refractivity contribution in [1.82, 2.24) is 10.1 Å². The smallest absolute Gasteiger partial charge is 0.268 e. The second kappa shape index (κ2) is 4.85. The highest BCUT2D eigenvalue weighted by molar-refractivity contribution is 7.13. The molecule has 0 aliphatic rings. The summed E-state index contributed by atoms with van der Waals surface area (Å²) in [5.41, 5.74) is 2.04. The molecule has 0 unspecified atom stereocenters. The number of aromatic hydroxyl groups is 1. The third-order valence-corrected chi connectivity index (χ3v) is 3.82. The SMILES string of the molecule is CCc1ccsc1-c1nc(-c2ccc(O)cc2)no1. The summed E-state index contributed by atoms with van der Waals surface area (Å²) in [5, 5.41) is 15.3. The summed E-state index contributed by atoms with van der Waals surface area (Å²) in [5.74, 6) is 1.30. The molecule has 0 amide bonds. The second-order valence-corrected chi connectivity index (χ2v) is 5.01. The summed E-state index contributed by atoms with van der Waals surface area (Å²) in [6.45, 7) is 2.10. The highest BCUT2D eigenvalue weighted by Gasteiger charge is 2.14.